The number of nitrogens with one attached hydrogen (secondary N) is 1. The van der Waals surface area contributed by atoms with Gasteiger partial charge in [0.25, 0.3) is 0 Å². The van der Waals surface area contributed by atoms with Gasteiger partial charge < -0.3 is 34.1 Å². The molecule has 0 bridgehead atoms. The molecule has 45 heavy (non-hydrogen) atoms. The van der Waals surface area contributed by atoms with Crippen LogP contribution in [0, 0.1) is 5.92 Å². The summed E-state index contributed by atoms with van der Waals surface area (Å²) in [4.78, 5) is 47.3. The summed E-state index contributed by atoms with van der Waals surface area (Å²) in [6.45, 7) is 18.1. The molecule has 2 aliphatic heterocycles. The summed E-state index contributed by atoms with van der Waals surface area (Å²) in [6, 6.07) is -1.60. The first-order valence-corrected chi connectivity index (χ1v) is 17.9. The zero-order valence-electron chi connectivity index (χ0n) is 28.7. The van der Waals surface area contributed by atoms with Crippen LogP contribution >= 0.6 is 0 Å². The van der Waals surface area contributed by atoms with Crippen molar-refractivity contribution in [2.24, 2.45) is 5.92 Å². The number of sulfone groups is 1. The highest BCUT2D eigenvalue weighted by Gasteiger charge is 2.70. The Balaban J connectivity index is 0.000000512. The highest BCUT2D eigenvalue weighted by molar-refractivity contribution is 7.93. The maximum Gasteiger partial charge on any atom is 0.332 e. The lowest BCUT2D eigenvalue weighted by molar-refractivity contribution is -0.929. The summed E-state index contributed by atoms with van der Waals surface area (Å²) in [5.74, 6) is -4.96. The predicted octanol–water partition coefficient (Wildman–Crippen LogP) is 2.31. The van der Waals surface area contributed by atoms with Crippen LogP contribution in [0.5, 0.6) is 0 Å². The number of unbranched alkanes of at least 4 members (excludes halogenated alkanes) is 4. The fourth-order valence-electron chi connectivity index (χ4n) is 5.92. The number of aliphatic carboxylic acids is 1. The van der Waals surface area contributed by atoms with E-state index in [2.05, 4.69) is 37.7 Å². The number of nitrogens with zero attached hydrogens (tertiary/aromatic N) is 2. The van der Waals surface area contributed by atoms with Crippen LogP contribution in [0.15, 0.2) is 11.8 Å². The molecule has 0 saturated carbocycles. The number of quaternary nitrogens is 1. The van der Waals surface area contributed by atoms with E-state index in [9.17, 15) is 32.7 Å². The predicted molar refractivity (Wildman–Crippen MR) is 170 cm³/mol. The minimum atomic E-state index is -4.02. The molecule has 1 amide bonds. The van der Waals surface area contributed by atoms with E-state index in [1.165, 1.54) is 110 Å². The third-order valence-electron chi connectivity index (χ3n) is 8.82. The van der Waals surface area contributed by atoms with Crippen molar-refractivity contribution in [3.63, 3.8) is 0 Å². The number of carbonyl (C=O) groups is 4. The van der Waals surface area contributed by atoms with Gasteiger partial charge in [0.05, 0.1) is 50.0 Å². The molecule has 2 aliphatic rings. The number of hydrogen-bond donors (Lipinski definition) is 1. The first kappa shape index (κ1) is 40.4. The summed E-state index contributed by atoms with van der Waals surface area (Å²) in [7, 11) is -2.82. The van der Waals surface area contributed by atoms with Gasteiger partial charge in [-0.05, 0) is 46.5 Å². The Morgan fingerprint density at radius 1 is 0.956 bits per heavy atom. The molecule has 0 aromatic carbocycles. The Bertz CT molecular complexity index is 1100. The number of carboxylic acid groups (broad SMARTS) is 1. The molecule has 0 aliphatic carbocycles. The summed E-state index contributed by atoms with van der Waals surface area (Å²) >= 11 is 0. The molecular weight excluding hydrogens is 602 g/mol. The minimum absolute atomic E-state index is 0.325. The zero-order valence-corrected chi connectivity index (χ0v) is 29.5. The van der Waals surface area contributed by atoms with Crippen LogP contribution in [0.2, 0.25) is 0 Å². The Morgan fingerprint density at radius 3 is 1.82 bits per heavy atom. The summed E-state index contributed by atoms with van der Waals surface area (Å²) in [6.07, 6.45) is 12.2. The molecule has 1 N–H and O–H groups in total. The molecule has 3 atom stereocenters. The van der Waals surface area contributed by atoms with E-state index >= 15 is 0 Å². The largest absolute Gasteiger partial charge is 0.548 e. The number of hydrogen-bond acceptors (Lipinski definition) is 10. The van der Waals surface area contributed by atoms with Crippen LogP contribution in [0.3, 0.4) is 0 Å². The van der Waals surface area contributed by atoms with Crippen molar-refractivity contribution in [1.82, 2.24) is 10.2 Å². The molecule has 0 aromatic heterocycles. The number of esters is 2. The van der Waals surface area contributed by atoms with Crippen LogP contribution in [0.1, 0.15) is 99.8 Å². The summed E-state index contributed by atoms with van der Waals surface area (Å²) < 4.78 is 34.4. The Morgan fingerprint density at radius 2 is 1.42 bits per heavy atom. The molecule has 0 spiro atoms. The molecule has 2 saturated heterocycles. The van der Waals surface area contributed by atoms with Gasteiger partial charge in [0.1, 0.15) is 24.4 Å². The van der Waals surface area contributed by atoms with Gasteiger partial charge in [-0.1, -0.05) is 53.4 Å². The molecular formula is C32H57N3O9S. The SMILES string of the molecule is CCCC[N+](CCCC)(CCCC)CCCC.COC(=O)/C=C(\C)NCC(=O)OC[C@H]1C(=O)N2[C@@H](C(=O)[O-])C(C)(C)S(=O)(=O)[C@H]12. The maximum absolute atomic E-state index is 12.6. The van der Waals surface area contributed by atoms with Gasteiger partial charge in [-0.25, -0.2) is 13.2 Å². The van der Waals surface area contributed by atoms with Crippen molar-refractivity contribution in [2.45, 2.75) is 116 Å². The lowest BCUT2D eigenvalue weighted by Crippen LogP contribution is -2.66. The fourth-order valence-corrected chi connectivity index (χ4v) is 8.22. The molecule has 0 radical (unpaired) electrons. The molecule has 2 rings (SSSR count). The van der Waals surface area contributed by atoms with Crippen molar-refractivity contribution in [3.05, 3.63) is 11.8 Å². The first-order valence-electron chi connectivity index (χ1n) is 16.4. The molecule has 0 unspecified atom stereocenters. The van der Waals surface area contributed by atoms with E-state index in [-0.39, 0.29) is 6.54 Å². The summed E-state index contributed by atoms with van der Waals surface area (Å²) in [5.41, 5.74) is 0.339. The third kappa shape index (κ3) is 10.4. The van der Waals surface area contributed by atoms with E-state index in [1.807, 2.05) is 0 Å². The van der Waals surface area contributed by atoms with Crippen molar-refractivity contribution in [2.75, 3.05) is 46.4 Å². The van der Waals surface area contributed by atoms with E-state index < -0.39 is 62.3 Å². The molecule has 0 aromatic rings. The number of allylic oxidation sites excluding steroid dienone is 1. The number of carboxylic acids is 1. The van der Waals surface area contributed by atoms with Crippen molar-refractivity contribution in [1.29, 1.82) is 0 Å². The standard InChI is InChI=1S/C16H22N2O9S.C16H36N/c1-8(5-10(19)26-4)17-6-11(20)27-7-9-13(21)18-12(15(22)23)16(2,3)28(24,25)14(9)18;1-5-9-13-17(14-10-6-2,15-11-7-3)16-12-8-4/h5,9,12,14,17H,6-7H2,1-4H3,(H,22,23);5-16H2,1-4H3/q;+1/p-1/b8-5+;/t9-,12-,14+;/m0./s1. The monoisotopic (exact) mass is 659 g/mol. The van der Waals surface area contributed by atoms with Crippen LogP contribution < -0.4 is 10.4 Å². The average Bonchev–Trinajstić information content (AvgIpc) is 3.14. The van der Waals surface area contributed by atoms with Crippen LogP contribution in [0.4, 0.5) is 0 Å². The van der Waals surface area contributed by atoms with Gasteiger partial charge in [0, 0.05) is 11.8 Å². The molecule has 2 fully saturated rings. The third-order valence-corrected chi connectivity index (χ3v) is 11.7. The van der Waals surface area contributed by atoms with Gasteiger partial charge in [-0.3, -0.25) is 9.59 Å². The fraction of sp³-hybridized carbons (Fsp3) is 0.812. The first-order chi connectivity index (χ1) is 21.1. The van der Waals surface area contributed by atoms with Gasteiger partial charge in [-0.2, -0.15) is 0 Å². The number of ether oxygens (including phenoxy) is 2. The zero-order chi connectivity index (χ0) is 34.4. The second kappa shape index (κ2) is 18.5. The van der Waals surface area contributed by atoms with E-state index in [0.29, 0.717) is 5.70 Å². The second-order valence-corrected chi connectivity index (χ2v) is 15.3. The topological polar surface area (TPSA) is 159 Å². The Hall–Kier alpha value is -2.67. The van der Waals surface area contributed by atoms with Gasteiger partial charge in [0.2, 0.25) is 5.91 Å². The Labute approximate surface area is 270 Å². The highest BCUT2D eigenvalue weighted by Crippen LogP contribution is 2.48. The van der Waals surface area contributed by atoms with E-state index in [0.717, 1.165) is 11.0 Å². The van der Waals surface area contributed by atoms with Crippen molar-refractivity contribution >= 4 is 33.7 Å². The van der Waals surface area contributed by atoms with E-state index in [4.69, 9.17) is 4.74 Å². The lowest BCUT2D eigenvalue weighted by atomic mass is 9.92. The smallest absolute Gasteiger partial charge is 0.332 e. The number of β-lactam (4-membered cyclic amide) rings is 1. The normalized spacial score (nSPS) is 21.6. The summed E-state index contributed by atoms with van der Waals surface area (Å²) in [5, 5.41) is 12.6. The van der Waals surface area contributed by atoms with Crippen molar-refractivity contribution < 1.29 is 46.7 Å². The number of fused-ring (bicyclic) bond motifs is 1. The van der Waals surface area contributed by atoms with Gasteiger partial charge in [-0.15, -0.1) is 0 Å². The molecule has 12 nitrogen and oxygen atoms in total. The lowest BCUT2D eigenvalue weighted by Gasteiger charge is -2.43. The quantitative estimate of drug-likeness (QED) is 0.0944. The highest BCUT2D eigenvalue weighted by atomic mass is 32.2. The number of rotatable bonds is 19. The van der Waals surface area contributed by atoms with Gasteiger partial charge >= 0.3 is 11.9 Å². The molecule has 260 valence electrons. The van der Waals surface area contributed by atoms with Gasteiger partial charge in [0.15, 0.2) is 9.84 Å². The average molecular weight is 660 g/mol. The maximum atomic E-state index is 12.6. The second-order valence-electron chi connectivity index (χ2n) is 12.6. The van der Waals surface area contributed by atoms with Crippen molar-refractivity contribution in [3.8, 4) is 0 Å². The number of amides is 1. The van der Waals surface area contributed by atoms with Crippen LogP contribution in [-0.4, -0.2) is 104 Å². The number of methoxy groups -OCH3 is 1. The van der Waals surface area contributed by atoms with Crippen LogP contribution in [-0.2, 0) is 38.5 Å². The Kier molecular flexibility index (Phi) is 16.6. The minimum Gasteiger partial charge on any atom is -0.548 e. The molecule has 2 heterocycles. The number of carbonyl (C=O) groups excluding carboxylic acids is 4. The van der Waals surface area contributed by atoms with Crippen LogP contribution in [0.25, 0.3) is 0 Å². The molecule has 13 heteroatoms. The van der Waals surface area contributed by atoms with E-state index in [1.54, 1.807) is 0 Å².